The van der Waals surface area contributed by atoms with Gasteiger partial charge >= 0.3 is 0 Å². The monoisotopic (exact) mass is 170 g/mol. The van der Waals surface area contributed by atoms with Crippen LogP contribution in [0.15, 0.2) is 0 Å². The Morgan fingerprint density at radius 2 is 1.83 bits per heavy atom. The molecule has 0 aromatic heterocycles. The zero-order valence-electron chi connectivity index (χ0n) is 7.03. The lowest BCUT2D eigenvalue weighted by Crippen LogP contribution is -2.32. The van der Waals surface area contributed by atoms with E-state index in [4.69, 9.17) is 0 Å². The summed E-state index contributed by atoms with van der Waals surface area (Å²) in [6.45, 7) is 2.80. The third-order valence-corrected chi connectivity index (χ3v) is 1.76. The van der Waals surface area contributed by atoms with Gasteiger partial charge in [-0.15, -0.1) is 0 Å². The van der Waals surface area contributed by atoms with Crippen LogP contribution in [0, 0.1) is 0 Å². The van der Waals surface area contributed by atoms with Crippen LogP contribution in [-0.4, -0.2) is 40.7 Å². The second-order valence-electron chi connectivity index (χ2n) is 2.70. The molecule has 0 atom stereocenters. The maximum Gasteiger partial charge on any atom is 0.250 e. The molecule has 1 aliphatic rings. The predicted molar refractivity (Wildman–Crippen MR) is 39.8 cm³/mol. The van der Waals surface area contributed by atoms with E-state index in [1.807, 2.05) is 0 Å². The smallest absolute Gasteiger partial charge is 0.250 e. The molecule has 0 bridgehead atoms. The molecule has 0 aromatic carbocycles. The van der Waals surface area contributed by atoms with Crippen molar-refractivity contribution >= 4 is 17.7 Å². The Morgan fingerprint density at radius 3 is 2.08 bits per heavy atom. The van der Waals surface area contributed by atoms with Crippen LogP contribution >= 0.6 is 0 Å². The van der Waals surface area contributed by atoms with Crippen molar-refractivity contribution in [3.63, 3.8) is 0 Å². The summed E-state index contributed by atoms with van der Waals surface area (Å²) < 4.78 is 0. The highest BCUT2D eigenvalue weighted by molar-refractivity contribution is 5.98. The Morgan fingerprint density at radius 1 is 1.25 bits per heavy atom. The molecule has 3 amide bonds. The molecule has 0 unspecified atom stereocenters. The predicted octanol–water partition coefficient (Wildman–Crippen LogP) is -0.819. The minimum Gasteiger partial charge on any atom is -0.315 e. The topological polar surface area (TPSA) is 57.7 Å². The average Bonchev–Trinajstić information content (AvgIpc) is 2.30. The highest BCUT2D eigenvalue weighted by Gasteiger charge is 2.31. The van der Waals surface area contributed by atoms with Crippen molar-refractivity contribution in [2.24, 2.45) is 0 Å². The van der Waals surface area contributed by atoms with E-state index in [-0.39, 0.29) is 30.9 Å². The molecule has 1 rings (SSSR count). The van der Waals surface area contributed by atoms with Gasteiger partial charge in [-0.1, -0.05) is 0 Å². The van der Waals surface area contributed by atoms with Crippen LogP contribution in [-0.2, 0) is 14.4 Å². The maximum atomic E-state index is 11.0. The molecule has 1 aliphatic heterocycles. The molecular weight excluding hydrogens is 160 g/mol. The third kappa shape index (κ3) is 1.44. The summed E-state index contributed by atoms with van der Waals surface area (Å²) in [5.74, 6) is -0.812. The zero-order valence-corrected chi connectivity index (χ0v) is 7.03. The van der Waals surface area contributed by atoms with E-state index >= 15 is 0 Å². The largest absolute Gasteiger partial charge is 0.315 e. The summed E-state index contributed by atoms with van der Waals surface area (Å²) >= 11 is 0. The van der Waals surface area contributed by atoms with Crippen molar-refractivity contribution in [3.05, 3.63) is 0 Å². The minimum absolute atomic E-state index is 0.0227. The summed E-state index contributed by atoms with van der Waals surface area (Å²) in [4.78, 5) is 35.0. The number of amides is 3. The van der Waals surface area contributed by atoms with E-state index in [0.717, 1.165) is 4.90 Å². The van der Waals surface area contributed by atoms with Crippen molar-refractivity contribution in [2.75, 3.05) is 13.2 Å². The first-order valence-corrected chi connectivity index (χ1v) is 3.59. The van der Waals surface area contributed by atoms with Crippen LogP contribution in [0.1, 0.15) is 13.8 Å². The Labute approximate surface area is 69.9 Å². The molecule has 0 N–H and O–H groups in total. The summed E-state index contributed by atoms with van der Waals surface area (Å²) in [5, 5.41) is 0. The summed E-state index contributed by atoms with van der Waals surface area (Å²) in [7, 11) is 0. The maximum absolute atomic E-state index is 11.0. The molecule has 0 spiro atoms. The fourth-order valence-electron chi connectivity index (χ4n) is 1.03. The number of carbonyl (C=O) groups is 3. The van der Waals surface area contributed by atoms with Crippen LogP contribution in [0.25, 0.3) is 0 Å². The third-order valence-electron chi connectivity index (χ3n) is 1.76. The van der Waals surface area contributed by atoms with E-state index < -0.39 is 0 Å². The standard InChI is InChI=1S/C7H10N2O3/c1-5(10)8-3-7(12)9(4-8)6(2)11/h3-4H2,1-2H3. The van der Waals surface area contributed by atoms with Crippen molar-refractivity contribution in [2.45, 2.75) is 13.8 Å². The Hall–Kier alpha value is -1.39. The summed E-state index contributed by atoms with van der Waals surface area (Å²) in [6, 6.07) is 0. The van der Waals surface area contributed by atoms with Gasteiger partial charge in [-0.3, -0.25) is 19.3 Å². The molecule has 0 saturated carbocycles. The Kier molecular flexibility index (Phi) is 2.12. The lowest BCUT2D eigenvalue weighted by Gasteiger charge is -2.12. The molecule has 1 saturated heterocycles. The molecule has 12 heavy (non-hydrogen) atoms. The lowest BCUT2D eigenvalue weighted by molar-refractivity contribution is -0.139. The van der Waals surface area contributed by atoms with E-state index in [0.29, 0.717) is 0 Å². The van der Waals surface area contributed by atoms with Crippen LogP contribution in [0.5, 0.6) is 0 Å². The second-order valence-corrected chi connectivity index (χ2v) is 2.70. The summed E-state index contributed by atoms with van der Waals surface area (Å²) in [5.41, 5.74) is 0. The van der Waals surface area contributed by atoms with Crippen molar-refractivity contribution in [1.29, 1.82) is 0 Å². The quantitative estimate of drug-likeness (QED) is 0.477. The molecular formula is C7H10N2O3. The number of hydrogen-bond donors (Lipinski definition) is 0. The first kappa shape index (κ1) is 8.70. The van der Waals surface area contributed by atoms with Gasteiger partial charge in [0.05, 0.1) is 0 Å². The van der Waals surface area contributed by atoms with Gasteiger partial charge in [-0.05, 0) is 0 Å². The van der Waals surface area contributed by atoms with E-state index in [2.05, 4.69) is 0 Å². The van der Waals surface area contributed by atoms with Gasteiger partial charge in [0.1, 0.15) is 13.2 Å². The van der Waals surface area contributed by atoms with Crippen molar-refractivity contribution in [3.8, 4) is 0 Å². The van der Waals surface area contributed by atoms with Crippen LogP contribution in [0.3, 0.4) is 0 Å². The Bertz CT molecular complexity index is 249. The molecule has 66 valence electrons. The van der Waals surface area contributed by atoms with E-state index in [9.17, 15) is 14.4 Å². The first-order valence-electron chi connectivity index (χ1n) is 3.59. The minimum atomic E-state index is -0.316. The molecule has 0 aliphatic carbocycles. The molecule has 5 heteroatoms. The number of hydrogen-bond acceptors (Lipinski definition) is 3. The molecule has 5 nitrogen and oxygen atoms in total. The fraction of sp³-hybridized carbons (Fsp3) is 0.571. The van der Waals surface area contributed by atoms with Crippen molar-refractivity contribution in [1.82, 2.24) is 9.80 Å². The van der Waals surface area contributed by atoms with E-state index in [1.165, 1.54) is 18.7 Å². The molecule has 1 heterocycles. The van der Waals surface area contributed by atoms with E-state index in [1.54, 1.807) is 0 Å². The first-order chi connectivity index (χ1) is 5.52. The fourth-order valence-corrected chi connectivity index (χ4v) is 1.03. The molecule has 0 radical (unpaired) electrons. The van der Waals surface area contributed by atoms with Gasteiger partial charge in [-0.25, -0.2) is 0 Å². The van der Waals surface area contributed by atoms with Crippen LogP contribution in [0.2, 0.25) is 0 Å². The van der Waals surface area contributed by atoms with Crippen LogP contribution < -0.4 is 0 Å². The molecule has 0 aromatic rings. The molecule has 1 fully saturated rings. The SMILES string of the molecule is CC(=O)N1CC(=O)N(C(C)=O)C1. The summed E-state index contributed by atoms with van der Waals surface area (Å²) in [6.07, 6.45) is 0. The normalized spacial score (nSPS) is 17.0. The highest BCUT2D eigenvalue weighted by atomic mass is 16.2. The van der Waals surface area contributed by atoms with Crippen molar-refractivity contribution < 1.29 is 14.4 Å². The number of imide groups is 1. The van der Waals surface area contributed by atoms with Gasteiger partial charge in [0.2, 0.25) is 17.7 Å². The number of rotatable bonds is 0. The van der Waals surface area contributed by atoms with Gasteiger partial charge in [-0.2, -0.15) is 0 Å². The highest BCUT2D eigenvalue weighted by Crippen LogP contribution is 2.06. The van der Waals surface area contributed by atoms with Gasteiger partial charge < -0.3 is 4.90 Å². The van der Waals surface area contributed by atoms with Gasteiger partial charge in [0, 0.05) is 13.8 Å². The lowest BCUT2D eigenvalue weighted by atomic mass is 10.5. The van der Waals surface area contributed by atoms with Gasteiger partial charge in [0.25, 0.3) is 0 Å². The zero-order chi connectivity index (χ0) is 9.30. The number of carbonyl (C=O) groups excluding carboxylic acids is 3. The average molecular weight is 170 g/mol. The second kappa shape index (κ2) is 2.92. The number of nitrogens with zero attached hydrogens (tertiary/aromatic N) is 2. The van der Waals surface area contributed by atoms with Crippen LogP contribution in [0.4, 0.5) is 0 Å². The Balaban J connectivity index is 2.68. The van der Waals surface area contributed by atoms with Gasteiger partial charge in [0.15, 0.2) is 0 Å².